The van der Waals surface area contributed by atoms with E-state index >= 15 is 0 Å². The maximum absolute atomic E-state index is 9.97. The fourth-order valence-corrected chi connectivity index (χ4v) is 2.54. The molecule has 4 atom stereocenters. The maximum Gasteiger partial charge on any atom is 0.111 e. The van der Waals surface area contributed by atoms with Gasteiger partial charge in [-0.1, -0.05) is 0 Å². The molecule has 0 saturated carbocycles. The largest absolute Gasteiger partial charge is 0.398 e. The zero-order valence-corrected chi connectivity index (χ0v) is 13.4. The zero-order valence-electron chi connectivity index (χ0n) is 12.6. The molecule has 0 fully saturated rings. The van der Waals surface area contributed by atoms with Crippen LogP contribution >= 0.6 is 11.8 Å². The van der Waals surface area contributed by atoms with Gasteiger partial charge in [0.15, 0.2) is 0 Å². The quantitative estimate of drug-likeness (QED) is 0.260. The number of nitrogen functional groups attached to an aromatic ring is 1. The average Bonchev–Trinajstić information content (AvgIpc) is 2.52. The van der Waals surface area contributed by atoms with E-state index in [1.54, 1.807) is 24.1 Å². The molecule has 1 rings (SSSR count). The molecule has 7 N–H and O–H groups in total. The van der Waals surface area contributed by atoms with Crippen molar-refractivity contribution in [3.05, 3.63) is 18.2 Å². The van der Waals surface area contributed by atoms with E-state index in [0.29, 0.717) is 5.69 Å². The van der Waals surface area contributed by atoms with Crippen molar-refractivity contribution in [2.75, 3.05) is 37.1 Å². The molecule has 0 aromatic heterocycles. The third-order valence-electron chi connectivity index (χ3n) is 3.44. The second-order valence-corrected chi connectivity index (χ2v) is 5.95. The second kappa shape index (κ2) is 8.56. The molecular formula is C14H24N2O5S. The lowest BCUT2D eigenvalue weighted by Crippen LogP contribution is -2.49. The van der Waals surface area contributed by atoms with Crippen molar-refractivity contribution in [3.63, 3.8) is 0 Å². The van der Waals surface area contributed by atoms with Crippen LogP contribution in [0, 0.1) is 0 Å². The molecule has 1 aromatic rings. The van der Waals surface area contributed by atoms with Crippen LogP contribution in [-0.2, 0) is 0 Å². The summed E-state index contributed by atoms with van der Waals surface area (Å²) in [7, 11) is 1.72. The van der Waals surface area contributed by atoms with Crippen LogP contribution in [0.2, 0.25) is 0 Å². The van der Waals surface area contributed by atoms with Crippen LogP contribution < -0.4 is 10.6 Å². The molecule has 4 unspecified atom stereocenters. The van der Waals surface area contributed by atoms with Gasteiger partial charge in [0.1, 0.15) is 18.3 Å². The first-order valence-electron chi connectivity index (χ1n) is 6.79. The Morgan fingerprint density at radius 2 is 1.73 bits per heavy atom. The van der Waals surface area contributed by atoms with Gasteiger partial charge < -0.3 is 36.2 Å². The average molecular weight is 332 g/mol. The van der Waals surface area contributed by atoms with E-state index in [1.807, 2.05) is 12.3 Å². The first-order valence-corrected chi connectivity index (χ1v) is 8.02. The van der Waals surface area contributed by atoms with Crippen molar-refractivity contribution in [2.45, 2.75) is 29.3 Å². The zero-order chi connectivity index (χ0) is 16.9. The molecule has 1 aromatic carbocycles. The number of aliphatic hydroxyl groups excluding tert-OH is 5. The van der Waals surface area contributed by atoms with Crippen molar-refractivity contribution in [2.24, 2.45) is 0 Å². The van der Waals surface area contributed by atoms with E-state index in [-0.39, 0.29) is 6.54 Å². The highest BCUT2D eigenvalue weighted by atomic mass is 32.2. The molecule has 0 aliphatic carbocycles. The Morgan fingerprint density at radius 3 is 2.27 bits per heavy atom. The van der Waals surface area contributed by atoms with E-state index in [0.717, 1.165) is 10.6 Å². The Labute approximate surface area is 134 Å². The molecule has 7 nitrogen and oxygen atoms in total. The molecule has 8 heteroatoms. The molecule has 0 heterocycles. The Morgan fingerprint density at radius 1 is 1.14 bits per heavy atom. The summed E-state index contributed by atoms with van der Waals surface area (Å²) in [6, 6.07) is 5.40. The van der Waals surface area contributed by atoms with Gasteiger partial charge in [-0.25, -0.2) is 0 Å². The van der Waals surface area contributed by atoms with Crippen LogP contribution in [0.1, 0.15) is 0 Å². The van der Waals surface area contributed by atoms with Gasteiger partial charge in [-0.15, -0.1) is 11.8 Å². The number of benzene rings is 1. The molecule has 0 aliphatic heterocycles. The Bertz CT molecular complexity index is 477. The van der Waals surface area contributed by atoms with Gasteiger partial charge in [0.2, 0.25) is 0 Å². The van der Waals surface area contributed by atoms with Gasteiger partial charge >= 0.3 is 0 Å². The normalized spacial score (nSPS) is 16.9. The summed E-state index contributed by atoms with van der Waals surface area (Å²) in [5, 5.41) is 47.4. The topological polar surface area (TPSA) is 130 Å². The third-order valence-corrected chi connectivity index (χ3v) is 4.24. The summed E-state index contributed by atoms with van der Waals surface area (Å²) in [6.07, 6.45) is -4.09. The van der Waals surface area contributed by atoms with Crippen LogP contribution in [0.25, 0.3) is 0 Å². The number of nitrogens with two attached hydrogens (primary N) is 1. The van der Waals surface area contributed by atoms with Crippen molar-refractivity contribution in [3.8, 4) is 0 Å². The van der Waals surface area contributed by atoms with E-state index < -0.39 is 31.0 Å². The van der Waals surface area contributed by atoms with Crippen LogP contribution in [0.15, 0.2) is 23.1 Å². The lowest BCUT2D eigenvalue weighted by molar-refractivity contribution is -0.112. The predicted molar refractivity (Wildman–Crippen MR) is 87.0 cm³/mol. The van der Waals surface area contributed by atoms with Gasteiger partial charge in [0.05, 0.1) is 12.7 Å². The number of aliphatic hydroxyl groups is 5. The molecule has 0 radical (unpaired) electrons. The highest BCUT2D eigenvalue weighted by Crippen LogP contribution is 2.27. The second-order valence-electron chi connectivity index (χ2n) is 5.11. The number of rotatable bonds is 8. The number of hydrogen-bond acceptors (Lipinski definition) is 8. The monoisotopic (exact) mass is 332 g/mol. The van der Waals surface area contributed by atoms with Crippen LogP contribution in [0.5, 0.6) is 0 Å². The van der Waals surface area contributed by atoms with Crippen LogP contribution in [0.3, 0.4) is 0 Å². The number of likely N-dealkylation sites (N-methyl/N-ethyl adjacent to an activating group) is 1. The molecule has 0 aliphatic rings. The molecule has 0 bridgehead atoms. The van der Waals surface area contributed by atoms with Crippen LogP contribution in [-0.4, -0.2) is 76.4 Å². The minimum atomic E-state index is -1.62. The summed E-state index contributed by atoms with van der Waals surface area (Å²) in [5.41, 5.74) is 7.28. The summed E-state index contributed by atoms with van der Waals surface area (Å²) in [5.74, 6) is 0. The highest BCUT2D eigenvalue weighted by molar-refractivity contribution is 7.98. The van der Waals surface area contributed by atoms with Gasteiger partial charge in [-0.05, 0) is 24.5 Å². The maximum atomic E-state index is 9.97. The van der Waals surface area contributed by atoms with Gasteiger partial charge in [-0.3, -0.25) is 0 Å². The Kier molecular flexibility index (Phi) is 7.40. The summed E-state index contributed by atoms with van der Waals surface area (Å²) >= 11 is 1.50. The van der Waals surface area contributed by atoms with E-state index in [9.17, 15) is 20.4 Å². The fraction of sp³-hybridized carbons (Fsp3) is 0.571. The lowest BCUT2D eigenvalue weighted by Gasteiger charge is -2.29. The van der Waals surface area contributed by atoms with Gasteiger partial charge in [0, 0.05) is 29.9 Å². The fourth-order valence-electron chi connectivity index (χ4n) is 1.99. The Balaban J connectivity index is 2.73. The van der Waals surface area contributed by atoms with Gasteiger partial charge in [0.25, 0.3) is 0 Å². The molecule has 0 amide bonds. The van der Waals surface area contributed by atoms with E-state index in [2.05, 4.69) is 0 Å². The van der Waals surface area contributed by atoms with Crippen molar-refractivity contribution >= 4 is 23.1 Å². The third kappa shape index (κ3) is 4.73. The molecular weight excluding hydrogens is 308 g/mol. The predicted octanol–water partition coefficient (Wildman–Crippen LogP) is -1.14. The standard InChI is InChI=1S/C14H24N2O5S/c1-16(8-3-4-9(15)12(5-8)22-2)6-10(18)13(20)14(21)11(19)7-17/h3-5,10-11,13-14,17-21H,6-7,15H2,1-2H3. The highest BCUT2D eigenvalue weighted by Gasteiger charge is 2.30. The molecule has 0 saturated heterocycles. The smallest absolute Gasteiger partial charge is 0.111 e. The van der Waals surface area contributed by atoms with Crippen LogP contribution in [0.4, 0.5) is 11.4 Å². The number of thioether (sulfide) groups is 1. The minimum absolute atomic E-state index is 0.0358. The minimum Gasteiger partial charge on any atom is -0.398 e. The number of nitrogens with zero attached hydrogens (tertiary/aromatic N) is 1. The number of anilines is 2. The Hall–Kier alpha value is -1.03. The first kappa shape index (κ1) is 19.0. The van der Waals surface area contributed by atoms with Crippen molar-refractivity contribution in [1.82, 2.24) is 0 Å². The summed E-state index contributed by atoms with van der Waals surface area (Å²) in [4.78, 5) is 2.60. The molecule has 126 valence electrons. The first-order chi connectivity index (χ1) is 10.3. The van der Waals surface area contributed by atoms with E-state index in [4.69, 9.17) is 10.8 Å². The molecule has 22 heavy (non-hydrogen) atoms. The van der Waals surface area contributed by atoms with Crippen molar-refractivity contribution in [1.29, 1.82) is 0 Å². The van der Waals surface area contributed by atoms with E-state index in [1.165, 1.54) is 11.8 Å². The summed E-state index contributed by atoms with van der Waals surface area (Å²) in [6.45, 7) is -0.663. The number of hydrogen-bond donors (Lipinski definition) is 6. The molecule has 0 spiro atoms. The summed E-state index contributed by atoms with van der Waals surface area (Å²) < 4.78 is 0. The van der Waals surface area contributed by atoms with Crippen molar-refractivity contribution < 1.29 is 25.5 Å². The van der Waals surface area contributed by atoms with Gasteiger partial charge in [-0.2, -0.15) is 0 Å². The lowest BCUT2D eigenvalue weighted by atomic mass is 10.0. The SMILES string of the molecule is CSc1cc(N(C)CC(O)C(O)C(O)C(O)CO)ccc1N.